The van der Waals surface area contributed by atoms with Crippen LogP contribution in [0.2, 0.25) is 0 Å². The molecule has 0 fully saturated rings. The molecule has 0 aromatic carbocycles. The quantitative estimate of drug-likeness (QED) is 0.522. The van der Waals surface area contributed by atoms with Gasteiger partial charge in [0.2, 0.25) is 0 Å². The predicted octanol–water partition coefficient (Wildman–Crippen LogP) is -0.155. The normalized spacial score (nSPS) is 8.40. The number of nitrogens with one attached hydrogen (secondary N) is 1. The standard InChI is InChI=1S/C2H7BrN2/c3-5-2-1-4/h5H,1-2,4H2. The van der Waals surface area contributed by atoms with Gasteiger partial charge < -0.3 is 5.73 Å². The van der Waals surface area contributed by atoms with Crippen molar-refractivity contribution in [2.24, 2.45) is 5.73 Å². The van der Waals surface area contributed by atoms with Crippen molar-refractivity contribution in [1.82, 2.24) is 4.34 Å². The summed E-state index contributed by atoms with van der Waals surface area (Å²) < 4.78 is 2.70. The largest absolute Gasteiger partial charge is 0.329 e. The number of halogens is 1. The van der Waals surface area contributed by atoms with Crippen molar-refractivity contribution >= 4 is 16.1 Å². The summed E-state index contributed by atoms with van der Waals surface area (Å²) in [5.74, 6) is 0. The highest BCUT2D eigenvalue weighted by molar-refractivity contribution is 9.08. The van der Waals surface area contributed by atoms with E-state index in [4.69, 9.17) is 5.73 Å². The van der Waals surface area contributed by atoms with Crippen molar-refractivity contribution in [3.63, 3.8) is 0 Å². The smallest absolute Gasteiger partial charge is 0.0185 e. The summed E-state index contributed by atoms with van der Waals surface area (Å²) in [4.78, 5) is 0. The second-order valence-electron chi connectivity index (χ2n) is 0.672. The van der Waals surface area contributed by atoms with E-state index in [0.29, 0.717) is 6.54 Å². The maximum absolute atomic E-state index is 5.05. The van der Waals surface area contributed by atoms with Crippen molar-refractivity contribution in [3.05, 3.63) is 0 Å². The van der Waals surface area contributed by atoms with Gasteiger partial charge in [0.25, 0.3) is 0 Å². The van der Waals surface area contributed by atoms with Crippen LogP contribution in [0.15, 0.2) is 0 Å². The summed E-state index contributed by atoms with van der Waals surface area (Å²) in [6, 6.07) is 0. The molecule has 0 amide bonds. The van der Waals surface area contributed by atoms with Gasteiger partial charge in [0.05, 0.1) is 0 Å². The van der Waals surface area contributed by atoms with Gasteiger partial charge in [0.15, 0.2) is 0 Å². The van der Waals surface area contributed by atoms with Crippen LogP contribution in [0.3, 0.4) is 0 Å². The molecule has 0 rings (SSSR count). The van der Waals surface area contributed by atoms with Crippen LogP contribution in [0.4, 0.5) is 0 Å². The van der Waals surface area contributed by atoms with Crippen molar-refractivity contribution in [3.8, 4) is 0 Å². The fourth-order valence-electron chi connectivity index (χ4n) is 0.0546. The monoisotopic (exact) mass is 138 g/mol. The third-order valence-electron chi connectivity index (χ3n) is 0.239. The summed E-state index contributed by atoms with van der Waals surface area (Å²) in [6.45, 7) is 1.52. The highest BCUT2D eigenvalue weighted by Gasteiger charge is 1.66. The summed E-state index contributed by atoms with van der Waals surface area (Å²) >= 11 is 2.98. The minimum atomic E-state index is 0.686. The highest BCUT2D eigenvalue weighted by Crippen LogP contribution is 1.58. The molecule has 3 heteroatoms. The van der Waals surface area contributed by atoms with E-state index in [-0.39, 0.29) is 0 Å². The molecule has 0 aliphatic heterocycles. The first-order valence-electron chi connectivity index (χ1n) is 1.45. The molecule has 0 spiro atoms. The number of hydrogen-bond acceptors (Lipinski definition) is 2. The zero-order chi connectivity index (χ0) is 4.12. The topological polar surface area (TPSA) is 38.0 Å². The lowest BCUT2D eigenvalue weighted by Gasteiger charge is -1.82. The maximum Gasteiger partial charge on any atom is 0.0185 e. The minimum absolute atomic E-state index is 0.686. The molecule has 5 heavy (non-hydrogen) atoms. The lowest BCUT2D eigenvalue weighted by molar-refractivity contribution is 0.929. The van der Waals surface area contributed by atoms with Gasteiger partial charge in [-0.15, -0.1) is 0 Å². The van der Waals surface area contributed by atoms with E-state index in [9.17, 15) is 0 Å². The van der Waals surface area contributed by atoms with E-state index in [1.165, 1.54) is 0 Å². The van der Waals surface area contributed by atoms with Crippen LogP contribution in [0.25, 0.3) is 0 Å². The SMILES string of the molecule is NCCNBr. The molecule has 0 atom stereocenters. The van der Waals surface area contributed by atoms with Gasteiger partial charge in [-0.05, 0) is 0 Å². The number of hydrogen-bond donors (Lipinski definition) is 2. The Morgan fingerprint density at radius 1 is 1.80 bits per heavy atom. The molecule has 3 N–H and O–H groups in total. The van der Waals surface area contributed by atoms with Crippen molar-refractivity contribution in [2.75, 3.05) is 13.1 Å². The molecule has 0 radical (unpaired) electrons. The van der Waals surface area contributed by atoms with E-state index < -0.39 is 0 Å². The summed E-state index contributed by atoms with van der Waals surface area (Å²) in [6.07, 6.45) is 0. The lowest BCUT2D eigenvalue weighted by Crippen LogP contribution is -2.12. The molecule has 0 aromatic heterocycles. The Morgan fingerprint density at radius 3 is 2.40 bits per heavy atom. The first-order chi connectivity index (χ1) is 2.41. The van der Waals surface area contributed by atoms with Gasteiger partial charge in [0, 0.05) is 29.2 Å². The molecular weight excluding hydrogens is 132 g/mol. The van der Waals surface area contributed by atoms with Gasteiger partial charge in [-0.2, -0.15) is 0 Å². The van der Waals surface area contributed by atoms with E-state index in [0.717, 1.165) is 6.54 Å². The maximum atomic E-state index is 5.05. The molecule has 32 valence electrons. The molecule has 0 bridgehead atoms. The molecule has 0 aliphatic rings. The van der Waals surface area contributed by atoms with Gasteiger partial charge in [-0.1, -0.05) is 0 Å². The van der Waals surface area contributed by atoms with Crippen molar-refractivity contribution < 1.29 is 0 Å². The third kappa shape index (κ3) is 4.40. The Hall–Kier alpha value is 0.400. The molecule has 0 unspecified atom stereocenters. The molecule has 0 aromatic rings. The van der Waals surface area contributed by atoms with Crippen LogP contribution in [0, 0.1) is 0 Å². The lowest BCUT2D eigenvalue weighted by atomic mass is 10.7. The Bertz CT molecular complexity index is 15.1. The van der Waals surface area contributed by atoms with Crippen LogP contribution >= 0.6 is 16.1 Å². The van der Waals surface area contributed by atoms with E-state index in [2.05, 4.69) is 20.5 Å². The molecular formula is C2H7BrN2. The number of nitrogens with two attached hydrogens (primary N) is 1. The zero-order valence-corrected chi connectivity index (χ0v) is 4.46. The Balaban J connectivity index is 2.19. The van der Waals surface area contributed by atoms with Crippen molar-refractivity contribution in [1.29, 1.82) is 0 Å². The van der Waals surface area contributed by atoms with Gasteiger partial charge >= 0.3 is 0 Å². The Morgan fingerprint density at radius 2 is 2.40 bits per heavy atom. The van der Waals surface area contributed by atoms with Crippen LogP contribution in [-0.4, -0.2) is 13.1 Å². The van der Waals surface area contributed by atoms with E-state index in [1.807, 2.05) is 0 Å². The van der Waals surface area contributed by atoms with E-state index in [1.54, 1.807) is 0 Å². The average Bonchev–Trinajstić information content (AvgIpc) is 1.41. The van der Waals surface area contributed by atoms with Crippen LogP contribution in [0.1, 0.15) is 0 Å². The average molecular weight is 139 g/mol. The summed E-state index contributed by atoms with van der Waals surface area (Å²) in [7, 11) is 0. The Kier molecular flexibility index (Phi) is 4.75. The van der Waals surface area contributed by atoms with E-state index >= 15 is 0 Å². The highest BCUT2D eigenvalue weighted by atomic mass is 79.9. The zero-order valence-electron chi connectivity index (χ0n) is 2.87. The van der Waals surface area contributed by atoms with Gasteiger partial charge in [-0.3, -0.25) is 4.34 Å². The Labute approximate surface area is 40.1 Å². The molecule has 0 aliphatic carbocycles. The predicted molar refractivity (Wildman–Crippen MR) is 26.0 cm³/mol. The molecule has 2 nitrogen and oxygen atoms in total. The fraction of sp³-hybridized carbons (Fsp3) is 1.00. The second-order valence-corrected chi connectivity index (χ2v) is 1.23. The molecule has 0 saturated carbocycles. The van der Waals surface area contributed by atoms with Crippen LogP contribution in [-0.2, 0) is 0 Å². The summed E-state index contributed by atoms with van der Waals surface area (Å²) in [5, 5.41) is 0. The van der Waals surface area contributed by atoms with Gasteiger partial charge in [0.1, 0.15) is 0 Å². The van der Waals surface area contributed by atoms with Crippen LogP contribution < -0.4 is 10.1 Å². The first kappa shape index (κ1) is 5.40. The summed E-state index contributed by atoms with van der Waals surface area (Å²) in [5.41, 5.74) is 5.05. The van der Waals surface area contributed by atoms with Crippen LogP contribution in [0.5, 0.6) is 0 Å². The van der Waals surface area contributed by atoms with Crippen molar-refractivity contribution in [2.45, 2.75) is 0 Å². The molecule has 0 heterocycles. The first-order valence-corrected chi connectivity index (χ1v) is 2.24. The number of rotatable bonds is 2. The van der Waals surface area contributed by atoms with Gasteiger partial charge in [-0.25, -0.2) is 0 Å². The minimum Gasteiger partial charge on any atom is -0.329 e. The third-order valence-corrected chi connectivity index (χ3v) is 0.635. The second kappa shape index (κ2) is 4.40. The molecule has 0 saturated heterocycles. The fourth-order valence-corrected chi connectivity index (χ4v) is 0.283.